The largest absolute Gasteiger partial charge is 0.374 e. The summed E-state index contributed by atoms with van der Waals surface area (Å²) >= 11 is 0. The number of likely N-dealkylation sites (tertiary alicyclic amines) is 1. The maximum absolute atomic E-state index is 13.2. The second-order valence-corrected chi connectivity index (χ2v) is 8.29. The Bertz CT molecular complexity index is 834. The van der Waals surface area contributed by atoms with Gasteiger partial charge in [-0.2, -0.15) is 5.10 Å². The van der Waals surface area contributed by atoms with E-state index < -0.39 is 23.4 Å². The molecule has 0 aliphatic carbocycles. The maximum atomic E-state index is 13.2. The topological polar surface area (TPSA) is 117 Å². The number of amides is 3. The summed E-state index contributed by atoms with van der Waals surface area (Å²) in [6, 6.07) is 8.68. The molecule has 9 nitrogen and oxygen atoms in total. The van der Waals surface area contributed by atoms with Crippen molar-refractivity contribution in [2.75, 3.05) is 26.7 Å². The van der Waals surface area contributed by atoms with Crippen LogP contribution in [0.25, 0.3) is 0 Å². The van der Waals surface area contributed by atoms with Crippen molar-refractivity contribution >= 4 is 23.4 Å². The van der Waals surface area contributed by atoms with Crippen molar-refractivity contribution < 1.29 is 19.1 Å². The molecule has 2 atom stereocenters. The Morgan fingerprint density at radius 3 is 2.70 bits per heavy atom. The predicted molar refractivity (Wildman–Crippen MR) is 111 cm³/mol. The molecule has 3 amide bonds. The fraction of sp³-hybridized carbons (Fsp3) is 0.524. The molecule has 0 radical (unpaired) electrons. The van der Waals surface area contributed by atoms with Gasteiger partial charge in [-0.1, -0.05) is 30.3 Å². The molecule has 0 spiro atoms. The zero-order valence-corrected chi connectivity index (χ0v) is 17.6. The third-order valence-electron chi connectivity index (χ3n) is 5.23. The molecule has 30 heavy (non-hydrogen) atoms. The summed E-state index contributed by atoms with van der Waals surface area (Å²) in [5, 5.41) is 8.29. The minimum absolute atomic E-state index is 0.00547. The summed E-state index contributed by atoms with van der Waals surface area (Å²) in [5.74, 6) is -1.27. The molecule has 2 heterocycles. The van der Waals surface area contributed by atoms with E-state index in [2.05, 4.69) is 10.4 Å². The van der Waals surface area contributed by atoms with Gasteiger partial charge in [-0.05, 0) is 19.4 Å². The number of rotatable bonds is 7. The number of nitrogens with two attached hydrogens (primary N) is 1. The van der Waals surface area contributed by atoms with E-state index in [1.54, 1.807) is 25.8 Å². The number of nitrogens with zero attached hydrogens (tertiary/aromatic N) is 3. The number of hydrazone groups is 1. The molecule has 3 rings (SSSR count). The normalized spacial score (nSPS) is 19.9. The van der Waals surface area contributed by atoms with Crippen LogP contribution < -0.4 is 11.1 Å². The highest BCUT2D eigenvalue weighted by atomic mass is 16.5. The van der Waals surface area contributed by atoms with Crippen LogP contribution in [0.1, 0.15) is 25.8 Å². The molecule has 1 aromatic rings. The van der Waals surface area contributed by atoms with Crippen molar-refractivity contribution in [3.8, 4) is 0 Å². The molecule has 1 saturated heterocycles. The van der Waals surface area contributed by atoms with E-state index in [1.165, 1.54) is 5.01 Å². The van der Waals surface area contributed by atoms with E-state index in [0.717, 1.165) is 11.3 Å². The van der Waals surface area contributed by atoms with Crippen LogP contribution in [-0.4, -0.2) is 71.7 Å². The molecular formula is C21H29N5O4. The van der Waals surface area contributed by atoms with Crippen molar-refractivity contribution in [2.45, 2.75) is 38.5 Å². The van der Waals surface area contributed by atoms with Gasteiger partial charge in [-0.25, -0.2) is 5.01 Å². The van der Waals surface area contributed by atoms with Gasteiger partial charge >= 0.3 is 0 Å². The van der Waals surface area contributed by atoms with E-state index in [4.69, 9.17) is 10.5 Å². The van der Waals surface area contributed by atoms with Crippen molar-refractivity contribution in [2.24, 2.45) is 16.8 Å². The van der Waals surface area contributed by atoms with Crippen LogP contribution in [-0.2, 0) is 25.7 Å². The molecule has 1 fully saturated rings. The first-order valence-corrected chi connectivity index (χ1v) is 10.0. The first kappa shape index (κ1) is 21.9. The summed E-state index contributed by atoms with van der Waals surface area (Å²) in [4.78, 5) is 39.5. The summed E-state index contributed by atoms with van der Waals surface area (Å²) in [6.07, 6.45) is 0.528. The van der Waals surface area contributed by atoms with Gasteiger partial charge in [-0.15, -0.1) is 0 Å². The standard InChI is InChI=1S/C21H29N5O4/c1-21(2,22)20(29)23-17(13-30-12-14-7-5-4-6-8-14)19(28)26-10-9-16-15(11-26)18(27)25(3)24-16/h4-8,15,17H,9-13,22H2,1-3H3,(H,23,29). The summed E-state index contributed by atoms with van der Waals surface area (Å²) < 4.78 is 5.73. The number of carbonyl (C=O) groups excluding carboxylic acids is 3. The highest BCUT2D eigenvalue weighted by Crippen LogP contribution is 2.23. The molecule has 9 heteroatoms. The number of benzene rings is 1. The summed E-state index contributed by atoms with van der Waals surface area (Å²) in [6.45, 7) is 4.15. The van der Waals surface area contributed by atoms with Crippen molar-refractivity contribution in [1.29, 1.82) is 0 Å². The lowest BCUT2D eigenvalue weighted by Crippen LogP contribution is -2.59. The van der Waals surface area contributed by atoms with Crippen LogP contribution in [0, 0.1) is 5.92 Å². The average molecular weight is 415 g/mol. The van der Waals surface area contributed by atoms with E-state index >= 15 is 0 Å². The molecule has 3 N–H and O–H groups in total. The maximum Gasteiger partial charge on any atom is 0.253 e. The Balaban J connectivity index is 1.67. The number of hydrogen-bond acceptors (Lipinski definition) is 6. The minimum atomic E-state index is -1.14. The van der Waals surface area contributed by atoms with Gasteiger partial charge in [0.05, 0.1) is 30.4 Å². The zero-order chi connectivity index (χ0) is 21.9. The van der Waals surface area contributed by atoms with Gasteiger partial charge in [0, 0.05) is 26.6 Å². The Labute approximate surface area is 176 Å². The SMILES string of the molecule is CN1N=C2CCN(C(=O)C(COCc3ccccc3)NC(=O)C(C)(C)N)CC2C1=O. The molecule has 0 aromatic heterocycles. The molecule has 2 aliphatic heterocycles. The quantitative estimate of drug-likeness (QED) is 0.655. The van der Waals surface area contributed by atoms with Crippen molar-refractivity contribution in [3.63, 3.8) is 0 Å². The fourth-order valence-corrected chi connectivity index (χ4v) is 3.46. The lowest BCUT2D eigenvalue weighted by Gasteiger charge is -2.33. The highest BCUT2D eigenvalue weighted by molar-refractivity contribution is 6.09. The van der Waals surface area contributed by atoms with E-state index in [1.807, 2.05) is 30.3 Å². The summed E-state index contributed by atoms with van der Waals surface area (Å²) in [5.41, 5.74) is 6.52. The third-order valence-corrected chi connectivity index (χ3v) is 5.23. The third kappa shape index (κ3) is 5.03. The monoisotopic (exact) mass is 415 g/mol. The number of fused-ring (bicyclic) bond motifs is 1. The molecular weight excluding hydrogens is 386 g/mol. The first-order chi connectivity index (χ1) is 14.2. The second kappa shape index (κ2) is 8.93. The number of piperidine rings is 1. The predicted octanol–water partition coefficient (Wildman–Crippen LogP) is 0.102. The molecule has 1 aromatic carbocycles. The van der Waals surface area contributed by atoms with Crippen LogP contribution >= 0.6 is 0 Å². The smallest absolute Gasteiger partial charge is 0.253 e. The van der Waals surface area contributed by atoms with Crippen LogP contribution in [0.5, 0.6) is 0 Å². The fourth-order valence-electron chi connectivity index (χ4n) is 3.46. The van der Waals surface area contributed by atoms with Crippen LogP contribution in [0.4, 0.5) is 0 Å². The Morgan fingerprint density at radius 2 is 2.03 bits per heavy atom. The molecule has 0 bridgehead atoms. The molecule has 2 aliphatic rings. The van der Waals surface area contributed by atoms with E-state index in [0.29, 0.717) is 19.6 Å². The lowest BCUT2D eigenvalue weighted by molar-refractivity contribution is -0.141. The number of nitrogens with one attached hydrogen (secondary N) is 1. The van der Waals surface area contributed by atoms with E-state index in [-0.39, 0.29) is 25.0 Å². The van der Waals surface area contributed by atoms with Gasteiger partial charge in [-0.3, -0.25) is 14.4 Å². The Morgan fingerprint density at radius 1 is 1.33 bits per heavy atom. The second-order valence-electron chi connectivity index (χ2n) is 8.29. The average Bonchev–Trinajstić information content (AvgIpc) is 3.00. The number of hydrogen-bond donors (Lipinski definition) is 2. The number of ether oxygens (including phenoxy) is 1. The lowest BCUT2D eigenvalue weighted by atomic mass is 9.95. The molecule has 0 saturated carbocycles. The van der Waals surface area contributed by atoms with Gasteiger partial charge in [0.15, 0.2) is 0 Å². The van der Waals surface area contributed by atoms with Crippen molar-refractivity contribution in [3.05, 3.63) is 35.9 Å². The first-order valence-electron chi connectivity index (χ1n) is 10.0. The van der Waals surface area contributed by atoms with Crippen LogP contribution in [0.3, 0.4) is 0 Å². The molecule has 2 unspecified atom stereocenters. The van der Waals surface area contributed by atoms with Gasteiger partial charge in [0.2, 0.25) is 11.8 Å². The van der Waals surface area contributed by atoms with E-state index in [9.17, 15) is 14.4 Å². The summed E-state index contributed by atoms with van der Waals surface area (Å²) in [7, 11) is 1.61. The van der Waals surface area contributed by atoms with Crippen molar-refractivity contribution in [1.82, 2.24) is 15.2 Å². The van der Waals surface area contributed by atoms with Crippen LogP contribution in [0.2, 0.25) is 0 Å². The zero-order valence-electron chi connectivity index (χ0n) is 17.6. The number of carbonyl (C=O) groups is 3. The van der Waals surface area contributed by atoms with Crippen LogP contribution in [0.15, 0.2) is 35.4 Å². The van der Waals surface area contributed by atoms with Gasteiger partial charge in [0.25, 0.3) is 5.91 Å². The van der Waals surface area contributed by atoms with Gasteiger partial charge < -0.3 is 20.7 Å². The Kier molecular flexibility index (Phi) is 6.52. The Hall–Kier alpha value is -2.78. The van der Waals surface area contributed by atoms with Gasteiger partial charge in [0.1, 0.15) is 6.04 Å². The molecule has 162 valence electrons. The minimum Gasteiger partial charge on any atom is -0.374 e. The highest BCUT2D eigenvalue weighted by Gasteiger charge is 2.41.